The van der Waals surface area contributed by atoms with Crippen molar-refractivity contribution in [2.45, 2.75) is 0 Å². The third-order valence-electron chi connectivity index (χ3n) is 4.98. The maximum absolute atomic E-state index is 12.9. The highest BCUT2D eigenvalue weighted by molar-refractivity contribution is 6.53. The molecule has 172 valence electrons. The van der Waals surface area contributed by atoms with Gasteiger partial charge in [-0.3, -0.25) is 9.59 Å². The van der Waals surface area contributed by atoms with Gasteiger partial charge in [0, 0.05) is 17.8 Å². The van der Waals surface area contributed by atoms with Crippen LogP contribution >= 0.6 is 11.6 Å². The number of imide groups is 1. The SMILES string of the molecule is COc1cccc(OC(=O)c2ccc(NC3=C(Cl)C(=O)N(c4cccc(OC)c4)C3=O)cc2)c1. The van der Waals surface area contributed by atoms with Crippen molar-refractivity contribution in [3.8, 4) is 17.2 Å². The molecule has 2 amide bonds. The number of hydrogen-bond donors (Lipinski definition) is 1. The van der Waals surface area contributed by atoms with E-state index >= 15 is 0 Å². The summed E-state index contributed by atoms with van der Waals surface area (Å²) in [6.07, 6.45) is 0. The highest BCUT2D eigenvalue weighted by atomic mass is 35.5. The molecule has 1 heterocycles. The van der Waals surface area contributed by atoms with Crippen molar-refractivity contribution in [1.82, 2.24) is 0 Å². The van der Waals surface area contributed by atoms with Gasteiger partial charge in [-0.05, 0) is 48.5 Å². The number of rotatable bonds is 7. The highest BCUT2D eigenvalue weighted by Gasteiger charge is 2.39. The molecule has 0 saturated heterocycles. The number of ether oxygens (including phenoxy) is 3. The van der Waals surface area contributed by atoms with Crippen LogP contribution in [0.25, 0.3) is 0 Å². The van der Waals surface area contributed by atoms with Crippen molar-refractivity contribution in [1.29, 1.82) is 0 Å². The molecule has 3 aromatic rings. The van der Waals surface area contributed by atoms with Gasteiger partial charge in [-0.1, -0.05) is 23.7 Å². The van der Waals surface area contributed by atoms with Crippen molar-refractivity contribution in [2.24, 2.45) is 0 Å². The molecular formula is C25H19ClN2O6. The molecular weight excluding hydrogens is 460 g/mol. The molecule has 0 aromatic heterocycles. The summed E-state index contributed by atoms with van der Waals surface area (Å²) >= 11 is 6.18. The lowest BCUT2D eigenvalue weighted by molar-refractivity contribution is -0.120. The van der Waals surface area contributed by atoms with Crippen LogP contribution in [0.1, 0.15) is 10.4 Å². The molecule has 1 aliphatic heterocycles. The van der Waals surface area contributed by atoms with E-state index in [0.717, 1.165) is 4.90 Å². The van der Waals surface area contributed by atoms with E-state index in [1.807, 2.05) is 0 Å². The number of esters is 1. The zero-order valence-corrected chi connectivity index (χ0v) is 19.0. The van der Waals surface area contributed by atoms with E-state index in [-0.39, 0.29) is 10.7 Å². The number of nitrogens with zero attached hydrogens (tertiary/aromatic N) is 1. The smallest absolute Gasteiger partial charge is 0.343 e. The summed E-state index contributed by atoms with van der Waals surface area (Å²) < 4.78 is 15.6. The van der Waals surface area contributed by atoms with Gasteiger partial charge in [0.15, 0.2) is 0 Å². The van der Waals surface area contributed by atoms with E-state index in [0.29, 0.717) is 34.2 Å². The Balaban J connectivity index is 1.47. The minimum atomic E-state index is -0.652. The molecule has 0 aliphatic carbocycles. The Morgan fingerprint density at radius 3 is 2.12 bits per heavy atom. The van der Waals surface area contributed by atoms with Crippen LogP contribution in [0.3, 0.4) is 0 Å². The zero-order chi connectivity index (χ0) is 24.2. The van der Waals surface area contributed by atoms with Crippen LogP contribution < -0.4 is 24.4 Å². The average Bonchev–Trinajstić information content (AvgIpc) is 3.07. The normalized spacial score (nSPS) is 13.2. The first-order valence-corrected chi connectivity index (χ1v) is 10.4. The number of hydrogen-bond acceptors (Lipinski definition) is 7. The fraction of sp³-hybridized carbons (Fsp3) is 0.0800. The Morgan fingerprint density at radius 2 is 1.44 bits per heavy atom. The molecule has 1 aliphatic rings. The lowest BCUT2D eigenvalue weighted by Gasteiger charge is -2.16. The monoisotopic (exact) mass is 478 g/mol. The third-order valence-corrected chi connectivity index (χ3v) is 5.33. The predicted octanol–water partition coefficient (Wildman–Crippen LogP) is 4.36. The van der Waals surface area contributed by atoms with Crippen molar-refractivity contribution >= 4 is 40.8 Å². The molecule has 1 N–H and O–H groups in total. The first kappa shape index (κ1) is 22.9. The summed E-state index contributed by atoms with van der Waals surface area (Å²) in [7, 11) is 3.01. The van der Waals surface area contributed by atoms with Crippen molar-refractivity contribution in [3.05, 3.63) is 89.1 Å². The Morgan fingerprint density at radius 1 is 0.824 bits per heavy atom. The van der Waals surface area contributed by atoms with Gasteiger partial charge in [0.05, 0.1) is 25.5 Å². The molecule has 0 bridgehead atoms. The number of methoxy groups -OCH3 is 2. The van der Waals surface area contributed by atoms with Gasteiger partial charge in [-0.25, -0.2) is 9.69 Å². The zero-order valence-electron chi connectivity index (χ0n) is 18.2. The van der Waals surface area contributed by atoms with Crippen LogP contribution in [0.4, 0.5) is 11.4 Å². The highest BCUT2D eigenvalue weighted by Crippen LogP contribution is 2.32. The fourth-order valence-corrected chi connectivity index (χ4v) is 3.47. The summed E-state index contributed by atoms with van der Waals surface area (Å²) in [5, 5.41) is 2.62. The Kier molecular flexibility index (Phi) is 6.51. The molecule has 0 fully saturated rings. The minimum absolute atomic E-state index is 0.0683. The van der Waals surface area contributed by atoms with Crippen molar-refractivity contribution in [3.63, 3.8) is 0 Å². The molecule has 3 aromatic carbocycles. The van der Waals surface area contributed by atoms with Crippen LogP contribution in [-0.4, -0.2) is 32.0 Å². The summed E-state index contributed by atoms with van der Waals surface area (Å²) in [6, 6.07) is 19.4. The number of carbonyl (C=O) groups is 3. The lowest BCUT2D eigenvalue weighted by Crippen LogP contribution is -2.32. The topological polar surface area (TPSA) is 94.2 Å². The van der Waals surface area contributed by atoms with Crippen LogP contribution in [-0.2, 0) is 9.59 Å². The molecule has 0 unspecified atom stereocenters. The number of halogens is 1. The summed E-state index contributed by atoms with van der Waals surface area (Å²) in [4.78, 5) is 39.0. The molecule has 8 nitrogen and oxygen atoms in total. The van der Waals surface area contributed by atoms with Crippen LogP contribution in [0.5, 0.6) is 17.2 Å². The Labute approximate surface area is 200 Å². The van der Waals surface area contributed by atoms with Gasteiger partial charge in [0.1, 0.15) is 28.0 Å². The van der Waals surface area contributed by atoms with E-state index in [2.05, 4.69) is 5.32 Å². The van der Waals surface area contributed by atoms with Gasteiger partial charge >= 0.3 is 5.97 Å². The summed E-state index contributed by atoms with van der Waals surface area (Å²) in [5.41, 5.74) is 1.01. The van der Waals surface area contributed by atoms with Gasteiger partial charge in [0.25, 0.3) is 11.8 Å². The van der Waals surface area contributed by atoms with E-state index in [1.165, 1.54) is 26.4 Å². The predicted molar refractivity (Wildman–Crippen MR) is 126 cm³/mol. The number of benzene rings is 3. The summed E-state index contributed by atoms with van der Waals surface area (Å²) in [6.45, 7) is 0. The van der Waals surface area contributed by atoms with Gasteiger partial charge in [-0.15, -0.1) is 0 Å². The second kappa shape index (κ2) is 9.68. The molecule has 0 radical (unpaired) electrons. The summed E-state index contributed by atoms with van der Waals surface area (Å²) in [5.74, 6) is -0.420. The third kappa shape index (κ3) is 4.57. The van der Waals surface area contributed by atoms with Crippen LogP contribution in [0.2, 0.25) is 0 Å². The van der Waals surface area contributed by atoms with E-state index in [1.54, 1.807) is 60.7 Å². The van der Waals surface area contributed by atoms with Gasteiger partial charge in [-0.2, -0.15) is 0 Å². The van der Waals surface area contributed by atoms with Crippen molar-refractivity contribution in [2.75, 3.05) is 24.4 Å². The van der Waals surface area contributed by atoms with E-state index in [4.69, 9.17) is 25.8 Å². The molecule has 0 atom stereocenters. The molecule has 34 heavy (non-hydrogen) atoms. The Bertz CT molecular complexity index is 1300. The number of anilines is 2. The second-order valence-electron chi connectivity index (χ2n) is 7.11. The largest absolute Gasteiger partial charge is 0.497 e. The maximum atomic E-state index is 12.9. The molecule has 9 heteroatoms. The average molecular weight is 479 g/mol. The fourth-order valence-electron chi connectivity index (χ4n) is 3.26. The van der Waals surface area contributed by atoms with Gasteiger partial charge < -0.3 is 19.5 Å². The second-order valence-corrected chi connectivity index (χ2v) is 7.48. The lowest BCUT2D eigenvalue weighted by atomic mass is 10.2. The van der Waals surface area contributed by atoms with E-state index in [9.17, 15) is 14.4 Å². The Hall–Kier alpha value is -4.30. The first-order chi connectivity index (χ1) is 16.4. The first-order valence-electron chi connectivity index (χ1n) is 10.1. The quantitative estimate of drug-likeness (QED) is 0.306. The van der Waals surface area contributed by atoms with Crippen LogP contribution in [0.15, 0.2) is 83.5 Å². The number of carbonyl (C=O) groups excluding carboxylic acids is 3. The van der Waals surface area contributed by atoms with Crippen LogP contribution in [0, 0.1) is 0 Å². The maximum Gasteiger partial charge on any atom is 0.343 e. The molecule has 4 rings (SSSR count). The van der Waals surface area contributed by atoms with Crippen molar-refractivity contribution < 1.29 is 28.6 Å². The molecule has 0 spiro atoms. The minimum Gasteiger partial charge on any atom is -0.497 e. The standard InChI is InChI=1S/C25H19ClN2O6/c1-32-18-6-3-5-17(13-18)28-23(29)21(26)22(24(28)30)27-16-11-9-15(10-12-16)25(31)34-20-8-4-7-19(14-20)33-2/h3-14,27H,1-2H3. The van der Waals surface area contributed by atoms with Gasteiger partial charge in [0.2, 0.25) is 0 Å². The molecule has 0 saturated carbocycles. The number of amides is 2. The number of nitrogens with one attached hydrogen (secondary N) is 1. The van der Waals surface area contributed by atoms with E-state index < -0.39 is 17.8 Å².